The van der Waals surface area contributed by atoms with Crippen LogP contribution in [0.5, 0.6) is 0 Å². The third-order valence-corrected chi connectivity index (χ3v) is 4.74. The van der Waals surface area contributed by atoms with Gasteiger partial charge in [-0.2, -0.15) is 0 Å². The summed E-state index contributed by atoms with van der Waals surface area (Å²) in [4.78, 5) is 14.3. The molecule has 1 fully saturated rings. The van der Waals surface area contributed by atoms with Crippen LogP contribution >= 0.6 is 0 Å². The number of nitrogens with zero attached hydrogens (tertiary/aromatic N) is 1. The zero-order valence-electron chi connectivity index (χ0n) is 13.3. The fourth-order valence-corrected chi connectivity index (χ4v) is 3.22. The van der Waals surface area contributed by atoms with Gasteiger partial charge in [0.25, 0.3) is 0 Å². The van der Waals surface area contributed by atoms with Crippen LogP contribution in [0, 0.1) is 0 Å². The largest absolute Gasteiger partial charge is 0.343 e. The number of hydrogen-bond acceptors (Lipinski definition) is 2. The van der Waals surface area contributed by atoms with Gasteiger partial charge in [0.1, 0.15) is 0 Å². The van der Waals surface area contributed by atoms with Gasteiger partial charge in [-0.1, -0.05) is 30.3 Å². The zero-order valence-corrected chi connectivity index (χ0v) is 13.3. The Balaban J connectivity index is 1.70. The van der Waals surface area contributed by atoms with Crippen molar-refractivity contribution >= 4 is 5.91 Å². The third-order valence-electron chi connectivity index (χ3n) is 4.74. The lowest BCUT2D eigenvalue weighted by atomic mass is 9.90. The molecule has 1 N–H and O–H groups in total. The number of carbonyl (C=O) groups excluding carboxylic acids is 1. The van der Waals surface area contributed by atoms with E-state index < -0.39 is 0 Å². The molecule has 0 saturated heterocycles. The minimum absolute atomic E-state index is 0.304. The lowest BCUT2D eigenvalue weighted by Crippen LogP contribution is -2.42. The fourth-order valence-electron chi connectivity index (χ4n) is 3.22. The standard InChI is InChI=1S/C18H28N2O/c1-19-16-11-13-17(14-12-16)20(2)18(21)10-6-9-15-7-4-3-5-8-15/h3-5,7-8,16-17,19H,6,9-14H2,1-2H3. The number of benzene rings is 1. The summed E-state index contributed by atoms with van der Waals surface area (Å²) < 4.78 is 0. The molecule has 0 aliphatic heterocycles. The van der Waals surface area contributed by atoms with E-state index in [1.165, 1.54) is 18.4 Å². The maximum Gasteiger partial charge on any atom is 0.222 e. The van der Waals surface area contributed by atoms with E-state index in [-0.39, 0.29) is 0 Å². The first-order valence-electron chi connectivity index (χ1n) is 8.17. The molecule has 116 valence electrons. The highest BCUT2D eigenvalue weighted by atomic mass is 16.2. The molecule has 0 spiro atoms. The Morgan fingerprint density at radius 3 is 2.48 bits per heavy atom. The molecule has 1 aliphatic carbocycles. The molecule has 0 aromatic heterocycles. The normalized spacial score (nSPS) is 22.0. The van der Waals surface area contributed by atoms with Gasteiger partial charge >= 0.3 is 0 Å². The molecule has 0 heterocycles. The van der Waals surface area contributed by atoms with Crippen LogP contribution < -0.4 is 5.32 Å². The first-order chi connectivity index (χ1) is 10.2. The van der Waals surface area contributed by atoms with Crippen LogP contribution in [0.4, 0.5) is 0 Å². The van der Waals surface area contributed by atoms with Gasteiger partial charge in [-0.05, 0) is 51.1 Å². The van der Waals surface area contributed by atoms with Crippen molar-refractivity contribution in [2.75, 3.05) is 14.1 Å². The summed E-state index contributed by atoms with van der Waals surface area (Å²) in [5.74, 6) is 0.304. The molecule has 1 aromatic carbocycles. The van der Waals surface area contributed by atoms with Gasteiger partial charge in [0.2, 0.25) is 5.91 Å². The SMILES string of the molecule is CNC1CCC(N(C)C(=O)CCCc2ccccc2)CC1. The molecule has 3 nitrogen and oxygen atoms in total. The molecule has 1 saturated carbocycles. The molecular formula is C18H28N2O. The summed E-state index contributed by atoms with van der Waals surface area (Å²) in [7, 11) is 4.01. The highest BCUT2D eigenvalue weighted by molar-refractivity contribution is 5.76. The van der Waals surface area contributed by atoms with Gasteiger partial charge in [0, 0.05) is 25.6 Å². The molecule has 21 heavy (non-hydrogen) atoms. The molecule has 1 aromatic rings. The summed E-state index contributed by atoms with van der Waals surface area (Å²) in [5.41, 5.74) is 1.32. The van der Waals surface area contributed by atoms with E-state index in [0.717, 1.165) is 25.7 Å². The topological polar surface area (TPSA) is 32.3 Å². The smallest absolute Gasteiger partial charge is 0.222 e. The maximum atomic E-state index is 12.3. The Bertz CT molecular complexity index is 424. The van der Waals surface area contributed by atoms with E-state index in [2.05, 4.69) is 29.6 Å². The molecule has 0 radical (unpaired) electrons. The molecule has 1 amide bonds. The summed E-state index contributed by atoms with van der Waals surface area (Å²) in [5, 5.41) is 3.34. The van der Waals surface area contributed by atoms with Crippen molar-refractivity contribution in [3.05, 3.63) is 35.9 Å². The van der Waals surface area contributed by atoms with Crippen LogP contribution in [-0.4, -0.2) is 37.0 Å². The van der Waals surface area contributed by atoms with E-state index in [9.17, 15) is 4.79 Å². The number of amides is 1. The minimum Gasteiger partial charge on any atom is -0.343 e. The highest BCUT2D eigenvalue weighted by Gasteiger charge is 2.25. The van der Waals surface area contributed by atoms with Gasteiger partial charge < -0.3 is 10.2 Å². The zero-order chi connectivity index (χ0) is 15.1. The van der Waals surface area contributed by atoms with E-state index >= 15 is 0 Å². The highest BCUT2D eigenvalue weighted by Crippen LogP contribution is 2.23. The summed E-state index contributed by atoms with van der Waals surface area (Å²) in [6, 6.07) is 11.5. The van der Waals surface area contributed by atoms with Crippen LogP contribution in [0.2, 0.25) is 0 Å². The summed E-state index contributed by atoms with van der Waals surface area (Å²) in [6.07, 6.45) is 7.23. The average Bonchev–Trinajstić information content (AvgIpc) is 2.55. The Labute approximate surface area is 128 Å². The second kappa shape index (κ2) is 8.18. The number of aryl methyl sites for hydroxylation is 1. The van der Waals surface area contributed by atoms with Crippen LogP contribution in [0.25, 0.3) is 0 Å². The van der Waals surface area contributed by atoms with Gasteiger partial charge in [0.15, 0.2) is 0 Å². The van der Waals surface area contributed by atoms with Crippen molar-refractivity contribution in [2.45, 2.75) is 57.0 Å². The van der Waals surface area contributed by atoms with Crippen molar-refractivity contribution in [1.82, 2.24) is 10.2 Å². The Morgan fingerprint density at radius 2 is 1.86 bits per heavy atom. The lowest BCUT2D eigenvalue weighted by molar-refractivity contribution is -0.132. The predicted octanol–water partition coefficient (Wildman–Crippen LogP) is 3.00. The number of carbonyl (C=O) groups is 1. The Hall–Kier alpha value is -1.35. The second-order valence-corrected chi connectivity index (χ2v) is 6.14. The molecule has 0 bridgehead atoms. The summed E-state index contributed by atoms with van der Waals surface area (Å²) >= 11 is 0. The van der Waals surface area contributed by atoms with Gasteiger partial charge in [-0.3, -0.25) is 4.79 Å². The van der Waals surface area contributed by atoms with Gasteiger partial charge in [0.05, 0.1) is 0 Å². The molecule has 1 aliphatic rings. The molecule has 2 rings (SSSR count). The number of nitrogens with one attached hydrogen (secondary N) is 1. The molecule has 0 unspecified atom stereocenters. The predicted molar refractivity (Wildman–Crippen MR) is 87.3 cm³/mol. The van der Waals surface area contributed by atoms with E-state index in [4.69, 9.17) is 0 Å². The van der Waals surface area contributed by atoms with Crippen LogP contribution in [-0.2, 0) is 11.2 Å². The first kappa shape index (κ1) is 16.0. The number of hydrogen-bond donors (Lipinski definition) is 1. The van der Waals surface area contributed by atoms with Crippen molar-refractivity contribution in [3.63, 3.8) is 0 Å². The number of rotatable bonds is 6. The van der Waals surface area contributed by atoms with Crippen LogP contribution in [0.3, 0.4) is 0 Å². The molecule has 0 atom stereocenters. The van der Waals surface area contributed by atoms with Crippen LogP contribution in [0.1, 0.15) is 44.1 Å². The third kappa shape index (κ3) is 4.85. The monoisotopic (exact) mass is 288 g/mol. The Morgan fingerprint density at radius 1 is 1.19 bits per heavy atom. The van der Waals surface area contributed by atoms with Gasteiger partial charge in [-0.15, -0.1) is 0 Å². The lowest BCUT2D eigenvalue weighted by Gasteiger charge is -2.34. The fraction of sp³-hybridized carbons (Fsp3) is 0.611. The quantitative estimate of drug-likeness (QED) is 0.873. The van der Waals surface area contributed by atoms with Crippen LogP contribution in [0.15, 0.2) is 30.3 Å². The van der Waals surface area contributed by atoms with Crippen molar-refractivity contribution in [3.8, 4) is 0 Å². The van der Waals surface area contributed by atoms with E-state index in [0.29, 0.717) is 24.4 Å². The molecule has 3 heteroatoms. The van der Waals surface area contributed by atoms with Crippen molar-refractivity contribution in [2.24, 2.45) is 0 Å². The molecular weight excluding hydrogens is 260 g/mol. The first-order valence-corrected chi connectivity index (χ1v) is 8.17. The maximum absolute atomic E-state index is 12.3. The average molecular weight is 288 g/mol. The van der Waals surface area contributed by atoms with Crippen molar-refractivity contribution < 1.29 is 4.79 Å². The van der Waals surface area contributed by atoms with E-state index in [1.807, 2.05) is 25.1 Å². The van der Waals surface area contributed by atoms with Gasteiger partial charge in [-0.25, -0.2) is 0 Å². The van der Waals surface area contributed by atoms with E-state index in [1.54, 1.807) is 0 Å². The summed E-state index contributed by atoms with van der Waals surface area (Å²) in [6.45, 7) is 0. The second-order valence-electron chi connectivity index (χ2n) is 6.14. The Kier molecular flexibility index (Phi) is 6.24. The van der Waals surface area contributed by atoms with Crippen molar-refractivity contribution in [1.29, 1.82) is 0 Å². The minimum atomic E-state index is 0.304.